The van der Waals surface area contributed by atoms with E-state index < -0.39 is 0 Å². The predicted octanol–water partition coefficient (Wildman–Crippen LogP) is 21.6. The van der Waals surface area contributed by atoms with Crippen molar-refractivity contribution in [3.8, 4) is 78.7 Å². The minimum atomic E-state index is 0.348. The number of rotatable bonds is 17. The summed E-state index contributed by atoms with van der Waals surface area (Å²) >= 11 is 0. The molecule has 2 aliphatic carbocycles. The monoisotopic (exact) mass is 1190 g/mol. The van der Waals surface area contributed by atoms with Crippen LogP contribution in [0.3, 0.4) is 0 Å². The van der Waals surface area contributed by atoms with Gasteiger partial charge in [0.2, 0.25) is 0 Å². The van der Waals surface area contributed by atoms with Gasteiger partial charge in [-0.3, -0.25) is 29.9 Å². The van der Waals surface area contributed by atoms with Crippen LogP contribution in [0.2, 0.25) is 0 Å². The average molecular weight is 1190 g/mol. The molecule has 6 heterocycles. The molecule has 92 heavy (non-hydrogen) atoms. The SMILES string of the molecule is C(=CC1CC(/C=C\c2ccc(-c3ccccn3)cc2)CC(c2ccccc2-c2ccc(-c3ccc(-c4ccccc4C4CC(/C=C\c5ccc(-c6ccccn6)cc5)CC(/C=C\c5ccc(-c6ccccn6)cc5)C4)cn3)nc2)C1)c1ccc(-c2ccccn2)cc1. The van der Waals surface area contributed by atoms with Crippen LogP contribution in [0.5, 0.6) is 0 Å². The van der Waals surface area contributed by atoms with Gasteiger partial charge in [0.1, 0.15) is 0 Å². The second kappa shape index (κ2) is 28.3. The molecule has 6 aromatic carbocycles. The zero-order chi connectivity index (χ0) is 61.7. The minimum Gasteiger partial charge on any atom is -0.256 e. The number of benzene rings is 6. The second-order valence-corrected chi connectivity index (χ2v) is 24.7. The molecule has 5 unspecified atom stereocenters. The maximum absolute atomic E-state index is 5.13. The van der Waals surface area contributed by atoms with Crippen LogP contribution < -0.4 is 0 Å². The van der Waals surface area contributed by atoms with E-state index in [1.54, 1.807) is 0 Å². The molecule has 0 saturated heterocycles. The van der Waals surface area contributed by atoms with Crippen molar-refractivity contribution in [3.05, 3.63) is 338 Å². The Morgan fingerprint density at radius 2 is 0.500 bits per heavy atom. The van der Waals surface area contributed by atoms with Crippen LogP contribution >= 0.6 is 0 Å². The van der Waals surface area contributed by atoms with Crippen LogP contribution in [-0.2, 0) is 0 Å². The van der Waals surface area contributed by atoms with Gasteiger partial charge >= 0.3 is 0 Å². The van der Waals surface area contributed by atoms with E-state index in [0.717, 1.165) is 106 Å². The molecule has 6 aromatic heterocycles. The summed E-state index contributed by atoms with van der Waals surface area (Å²) in [5, 5.41) is 0. The molecule has 0 spiro atoms. The largest absolute Gasteiger partial charge is 0.256 e. The Morgan fingerprint density at radius 3 is 0.761 bits per heavy atom. The maximum atomic E-state index is 5.13. The van der Waals surface area contributed by atoms with Crippen molar-refractivity contribution in [2.75, 3.05) is 0 Å². The zero-order valence-corrected chi connectivity index (χ0v) is 51.6. The molecule has 0 aliphatic heterocycles. The van der Waals surface area contributed by atoms with Crippen molar-refractivity contribution < 1.29 is 0 Å². The molecule has 0 bridgehead atoms. The molecule has 2 fully saturated rings. The fourth-order valence-electron chi connectivity index (χ4n) is 13.8. The van der Waals surface area contributed by atoms with Crippen LogP contribution in [0.25, 0.3) is 103 Å². The van der Waals surface area contributed by atoms with E-state index in [1.807, 2.05) is 85.7 Å². The summed E-state index contributed by atoms with van der Waals surface area (Å²) in [5.74, 6) is 2.26. The lowest BCUT2D eigenvalue weighted by Crippen LogP contribution is -2.20. The molecule has 446 valence electrons. The van der Waals surface area contributed by atoms with Crippen LogP contribution in [0.1, 0.15) is 83.7 Å². The number of nitrogens with zero attached hydrogens (tertiary/aromatic N) is 6. The first-order valence-corrected chi connectivity index (χ1v) is 32.4. The molecule has 5 atom stereocenters. The van der Waals surface area contributed by atoms with Crippen LogP contribution in [0.15, 0.2) is 304 Å². The summed E-state index contributed by atoms with van der Waals surface area (Å²) in [4.78, 5) is 28.5. The average Bonchev–Trinajstić information content (AvgIpc) is 1.01. The predicted molar refractivity (Wildman–Crippen MR) is 380 cm³/mol. The van der Waals surface area contributed by atoms with Crippen molar-refractivity contribution in [1.29, 1.82) is 0 Å². The first kappa shape index (κ1) is 58.8. The standard InChI is InChI=1S/C86H72N6/c1-3-15-79(75-55-65(25-21-61-29-37-69(38-30-61)81-17-5-9-49-87-81)53-66(56-75)26-22-62-31-39-70(40-32-62)82-18-6-10-50-88-82)77(13-1)73-45-47-85(91-59-73)86-48-46-74(60-92-86)78-14-2-4-16-80(78)76-57-67(27-23-63-33-41-71(42-34-63)83-19-7-11-51-89-83)54-68(58-76)28-24-64-35-43-72(44-36-64)84-20-8-12-52-90-84/h1-52,59-60,65-68,75-76H,53-58H2/b25-21-,26-22-,27-23-,28-24?. The number of allylic oxidation sites excluding steroid dienone is 4. The topological polar surface area (TPSA) is 77.3 Å². The van der Waals surface area contributed by atoms with Gasteiger partial charge in [0.05, 0.1) is 34.2 Å². The third kappa shape index (κ3) is 14.4. The highest BCUT2D eigenvalue weighted by atomic mass is 14.8. The van der Waals surface area contributed by atoms with E-state index in [1.165, 1.54) is 44.5 Å². The summed E-state index contributed by atoms with van der Waals surface area (Å²) in [5.41, 5.74) is 22.4. The Balaban J connectivity index is 0.692. The third-order valence-electron chi connectivity index (χ3n) is 18.5. The lowest BCUT2D eigenvalue weighted by Gasteiger charge is -2.34. The third-order valence-corrected chi connectivity index (χ3v) is 18.5. The second-order valence-electron chi connectivity index (χ2n) is 24.7. The molecule has 2 saturated carbocycles. The molecule has 2 aliphatic rings. The Hall–Kier alpha value is -10.8. The van der Waals surface area contributed by atoms with Crippen molar-refractivity contribution in [1.82, 2.24) is 29.9 Å². The number of hydrogen-bond donors (Lipinski definition) is 0. The molecule has 0 radical (unpaired) electrons. The Morgan fingerprint density at radius 1 is 0.228 bits per heavy atom. The molecule has 12 aromatic rings. The molecule has 6 heteroatoms. The van der Waals surface area contributed by atoms with E-state index in [9.17, 15) is 0 Å². The number of aromatic nitrogens is 6. The Bertz CT molecular complexity index is 3980. The first-order valence-electron chi connectivity index (χ1n) is 32.4. The molecule has 14 rings (SSSR count). The Kier molecular flexibility index (Phi) is 18.1. The highest BCUT2D eigenvalue weighted by Gasteiger charge is 2.31. The van der Waals surface area contributed by atoms with Crippen molar-refractivity contribution in [2.24, 2.45) is 23.7 Å². The van der Waals surface area contributed by atoms with Gasteiger partial charge in [-0.05, 0) is 179 Å². The fourth-order valence-corrected chi connectivity index (χ4v) is 13.8. The van der Waals surface area contributed by atoms with Gasteiger partial charge in [-0.1, -0.05) is 231 Å². The van der Waals surface area contributed by atoms with E-state index in [0.29, 0.717) is 35.5 Å². The van der Waals surface area contributed by atoms with Crippen molar-refractivity contribution >= 4 is 24.3 Å². The summed E-state index contributed by atoms with van der Waals surface area (Å²) in [6.45, 7) is 0. The van der Waals surface area contributed by atoms with E-state index >= 15 is 0 Å². The lowest BCUT2D eigenvalue weighted by molar-refractivity contribution is 0.315. The van der Waals surface area contributed by atoms with Crippen LogP contribution in [0.4, 0.5) is 0 Å². The van der Waals surface area contributed by atoms with Gasteiger partial charge in [0.25, 0.3) is 0 Å². The molecular weight excluding hydrogens is 1120 g/mol. The fraction of sp³-hybridized carbons (Fsp3) is 0.140. The molecule has 0 N–H and O–H groups in total. The van der Waals surface area contributed by atoms with E-state index in [-0.39, 0.29) is 0 Å². The van der Waals surface area contributed by atoms with E-state index in [2.05, 4.69) is 263 Å². The van der Waals surface area contributed by atoms with Gasteiger partial charge in [0.15, 0.2) is 0 Å². The number of hydrogen-bond acceptors (Lipinski definition) is 6. The lowest BCUT2D eigenvalue weighted by atomic mass is 9.71. The van der Waals surface area contributed by atoms with Gasteiger partial charge in [-0.25, -0.2) is 0 Å². The quantitative estimate of drug-likeness (QED) is 0.0904. The molecule has 6 nitrogen and oxygen atoms in total. The van der Waals surface area contributed by atoms with Crippen LogP contribution in [-0.4, -0.2) is 29.9 Å². The zero-order valence-electron chi connectivity index (χ0n) is 51.6. The van der Waals surface area contributed by atoms with Crippen molar-refractivity contribution in [3.63, 3.8) is 0 Å². The molecular formula is C86H72N6. The van der Waals surface area contributed by atoms with Gasteiger partial charge in [-0.15, -0.1) is 0 Å². The van der Waals surface area contributed by atoms with Gasteiger partial charge in [0, 0.05) is 70.6 Å². The van der Waals surface area contributed by atoms with Crippen molar-refractivity contribution in [2.45, 2.75) is 50.4 Å². The Labute approximate surface area is 541 Å². The van der Waals surface area contributed by atoms with Crippen LogP contribution in [0, 0.1) is 23.7 Å². The highest BCUT2D eigenvalue weighted by molar-refractivity contribution is 5.73. The first-order chi connectivity index (χ1) is 45.5. The van der Waals surface area contributed by atoms with Gasteiger partial charge in [-0.2, -0.15) is 0 Å². The minimum absolute atomic E-state index is 0.348. The highest BCUT2D eigenvalue weighted by Crippen LogP contribution is 2.46. The summed E-state index contributed by atoms with van der Waals surface area (Å²) < 4.78 is 0. The summed E-state index contributed by atoms with van der Waals surface area (Å²) in [6.07, 6.45) is 37.0. The molecule has 0 amide bonds. The van der Waals surface area contributed by atoms with E-state index in [4.69, 9.17) is 9.97 Å². The summed E-state index contributed by atoms with van der Waals surface area (Å²) in [7, 11) is 0. The normalized spacial score (nSPS) is 18.4. The maximum Gasteiger partial charge on any atom is 0.0886 e. The summed E-state index contributed by atoms with van der Waals surface area (Å²) in [6, 6.07) is 86.1. The van der Waals surface area contributed by atoms with Gasteiger partial charge < -0.3 is 0 Å². The number of pyridine rings is 6. The smallest absolute Gasteiger partial charge is 0.0886 e.